The van der Waals surface area contributed by atoms with E-state index < -0.39 is 0 Å². The maximum Gasteiger partial charge on any atom is 0.240 e. The molecule has 19 heavy (non-hydrogen) atoms. The molecule has 0 bridgehead atoms. The van der Waals surface area contributed by atoms with Crippen molar-refractivity contribution in [2.75, 3.05) is 5.73 Å². The first kappa shape index (κ1) is 13.4. The monoisotopic (exact) mass is 262 g/mol. The normalized spacial score (nSPS) is 11.2. The molecule has 1 aromatic carbocycles. The van der Waals surface area contributed by atoms with Gasteiger partial charge in [0.2, 0.25) is 5.91 Å². The van der Waals surface area contributed by atoms with E-state index >= 15 is 0 Å². The van der Waals surface area contributed by atoms with E-state index in [1.807, 2.05) is 13.8 Å². The number of aliphatic hydroxyl groups is 1. The maximum atomic E-state index is 11.8. The predicted molar refractivity (Wildman–Crippen MR) is 73.3 cm³/mol. The number of aliphatic hydroxyl groups excluding tert-OH is 1. The Balaban J connectivity index is 2.38. The predicted octanol–water partition coefficient (Wildman–Crippen LogP) is 0.635. The number of aromatic nitrogens is 2. The Bertz CT molecular complexity index is 604. The largest absolute Gasteiger partial charge is 0.399 e. The number of imidazole rings is 1. The first-order chi connectivity index (χ1) is 9.01. The van der Waals surface area contributed by atoms with E-state index in [1.165, 1.54) is 0 Å². The van der Waals surface area contributed by atoms with Crippen molar-refractivity contribution in [1.82, 2.24) is 14.9 Å². The summed E-state index contributed by atoms with van der Waals surface area (Å²) in [5.74, 6) is 0.348. The number of rotatable bonds is 4. The summed E-state index contributed by atoms with van der Waals surface area (Å²) in [5.41, 5.74) is 7.78. The molecule has 4 N–H and O–H groups in total. The first-order valence-electron chi connectivity index (χ1n) is 6.16. The van der Waals surface area contributed by atoms with E-state index in [9.17, 15) is 9.90 Å². The molecule has 0 spiro atoms. The topological polar surface area (TPSA) is 93.2 Å². The summed E-state index contributed by atoms with van der Waals surface area (Å²) in [6, 6.07) is 5.36. The third-order valence-corrected chi connectivity index (χ3v) is 2.74. The fourth-order valence-corrected chi connectivity index (χ4v) is 2.01. The molecule has 2 rings (SSSR count). The third kappa shape index (κ3) is 2.85. The highest BCUT2D eigenvalue weighted by Gasteiger charge is 2.13. The number of anilines is 1. The van der Waals surface area contributed by atoms with Gasteiger partial charge in [0.15, 0.2) is 0 Å². The van der Waals surface area contributed by atoms with Gasteiger partial charge in [-0.1, -0.05) is 0 Å². The number of nitrogens with one attached hydrogen (secondary N) is 1. The van der Waals surface area contributed by atoms with Crippen molar-refractivity contribution in [2.24, 2.45) is 0 Å². The fraction of sp³-hybridized carbons (Fsp3) is 0.385. The molecule has 0 atom stereocenters. The molecule has 0 saturated carbocycles. The van der Waals surface area contributed by atoms with Crippen molar-refractivity contribution in [3.05, 3.63) is 24.0 Å². The van der Waals surface area contributed by atoms with E-state index in [0.29, 0.717) is 17.0 Å². The zero-order valence-corrected chi connectivity index (χ0v) is 11.1. The number of nitrogens with zero attached hydrogens (tertiary/aromatic N) is 2. The second kappa shape index (κ2) is 5.27. The molecule has 0 saturated heterocycles. The van der Waals surface area contributed by atoms with Crippen LogP contribution in [0.4, 0.5) is 5.69 Å². The molecule has 0 aliphatic heterocycles. The van der Waals surface area contributed by atoms with Gasteiger partial charge in [-0.25, -0.2) is 4.98 Å². The van der Waals surface area contributed by atoms with Crippen molar-refractivity contribution in [2.45, 2.75) is 33.0 Å². The van der Waals surface area contributed by atoms with Gasteiger partial charge in [0.25, 0.3) is 0 Å². The number of hydrogen-bond acceptors (Lipinski definition) is 4. The lowest BCUT2D eigenvalue weighted by Crippen LogP contribution is -2.33. The van der Waals surface area contributed by atoms with Gasteiger partial charge in [-0.2, -0.15) is 0 Å². The number of nitrogen functional groups attached to an aromatic ring is 1. The van der Waals surface area contributed by atoms with Crippen LogP contribution in [0.5, 0.6) is 0 Å². The van der Waals surface area contributed by atoms with Crippen molar-refractivity contribution in [3.8, 4) is 0 Å². The van der Waals surface area contributed by atoms with E-state index in [1.54, 1.807) is 22.8 Å². The van der Waals surface area contributed by atoms with Crippen LogP contribution in [0.1, 0.15) is 19.7 Å². The molecule has 1 amide bonds. The molecular weight excluding hydrogens is 244 g/mol. The van der Waals surface area contributed by atoms with Gasteiger partial charge in [-0.3, -0.25) is 4.79 Å². The Morgan fingerprint density at radius 2 is 2.26 bits per heavy atom. The van der Waals surface area contributed by atoms with Gasteiger partial charge in [0.1, 0.15) is 19.0 Å². The van der Waals surface area contributed by atoms with Crippen molar-refractivity contribution in [1.29, 1.82) is 0 Å². The van der Waals surface area contributed by atoms with Gasteiger partial charge in [0.05, 0.1) is 11.0 Å². The maximum absolute atomic E-state index is 11.8. The van der Waals surface area contributed by atoms with Crippen LogP contribution in [0.15, 0.2) is 18.2 Å². The summed E-state index contributed by atoms with van der Waals surface area (Å²) in [5, 5.41) is 12.2. The zero-order chi connectivity index (χ0) is 14.0. The van der Waals surface area contributed by atoms with E-state index in [0.717, 1.165) is 5.52 Å². The molecule has 0 unspecified atom stereocenters. The Labute approximate surface area is 111 Å². The summed E-state index contributed by atoms with van der Waals surface area (Å²) in [4.78, 5) is 16.1. The minimum atomic E-state index is -0.219. The number of hydrogen-bond donors (Lipinski definition) is 3. The van der Waals surface area contributed by atoms with Crippen LogP contribution >= 0.6 is 0 Å². The van der Waals surface area contributed by atoms with Crippen LogP contribution in [0.3, 0.4) is 0 Å². The number of amides is 1. The molecule has 0 aliphatic rings. The fourth-order valence-electron chi connectivity index (χ4n) is 2.01. The van der Waals surface area contributed by atoms with Crippen LogP contribution in [0.2, 0.25) is 0 Å². The van der Waals surface area contributed by atoms with E-state index in [-0.39, 0.29) is 25.1 Å². The molecule has 0 aliphatic carbocycles. The second-order valence-electron chi connectivity index (χ2n) is 4.74. The van der Waals surface area contributed by atoms with Crippen molar-refractivity contribution < 1.29 is 9.90 Å². The number of fused-ring (bicyclic) bond motifs is 1. The molecule has 0 fully saturated rings. The number of carbonyl (C=O) groups excluding carboxylic acids is 1. The zero-order valence-electron chi connectivity index (χ0n) is 11.1. The minimum Gasteiger partial charge on any atom is -0.399 e. The summed E-state index contributed by atoms with van der Waals surface area (Å²) in [6.07, 6.45) is 0. The SMILES string of the molecule is CC(C)NC(=O)Cn1c(CO)nc2cc(N)ccc21. The lowest BCUT2D eigenvalue weighted by Gasteiger charge is -2.11. The Kier molecular flexibility index (Phi) is 3.71. The molecular formula is C13H18N4O2. The van der Waals surface area contributed by atoms with Crippen molar-refractivity contribution in [3.63, 3.8) is 0 Å². The molecule has 1 heterocycles. The molecule has 6 nitrogen and oxygen atoms in total. The molecule has 6 heteroatoms. The van der Waals surface area contributed by atoms with Gasteiger partial charge >= 0.3 is 0 Å². The lowest BCUT2D eigenvalue weighted by molar-refractivity contribution is -0.122. The average molecular weight is 262 g/mol. The Hall–Kier alpha value is -2.08. The van der Waals surface area contributed by atoms with Gasteiger partial charge in [0, 0.05) is 11.7 Å². The summed E-state index contributed by atoms with van der Waals surface area (Å²) >= 11 is 0. The second-order valence-corrected chi connectivity index (χ2v) is 4.74. The van der Waals surface area contributed by atoms with Crippen LogP contribution in [0, 0.1) is 0 Å². The summed E-state index contributed by atoms with van der Waals surface area (Å²) in [7, 11) is 0. The summed E-state index contributed by atoms with van der Waals surface area (Å²) in [6.45, 7) is 3.72. The molecule has 2 aromatic rings. The van der Waals surface area contributed by atoms with Crippen LogP contribution in [-0.4, -0.2) is 26.6 Å². The molecule has 102 valence electrons. The van der Waals surface area contributed by atoms with Crippen molar-refractivity contribution >= 4 is 22.6 Å². The van der Waals surface area contributed by atoms with Gasteiger partial charge < -0.3 is 20.7 Å². The van der Waals surface area contributed by atoms with E-state index in [4.69, 9.17) is 5.73 Å². The van der Waals surface area contributed by atoms with Crippen LogP contribution in [-0.2, 0) is 17.9 Å². The number of nitrogens with two attached hydrogens (primary N) is 1. The highest BCUT2D eigenvalue weighted by molar-refractivity contribution is 5.83. The quantitative estimate of drug-likeness (QED) is 0.705. The van der Waals surface area contributed by atoms with Crippen LogP contribution < -0.4 is 11.1 Å². The molecule has 1 aromatic heterocycles. The first-order valence-corrected chi connectivity index (χ1v) is 6.16. The van der Waals surface area contributed by atoms with E-state index in [2.05, 4.69) is 10.3 Å². The van der Waals surface area contributed by atoms with Gasteiger partial charge in [-0.05, 0) is 32.0 Å². The standard InChI is InChI=1S/C13H18N4O2/c1-8(2)15-13(19)6-17-11-4-3-9(14)5-10(11)16-12(17)7-18/h3-5,8,18H,6-7,14H2,1-2H3,(H,15,19). The van der Waals surface area contributed by atoms with Crippen LogP contribution in [0.25, 0.3) is 11.0 Å². The third-order valence-electron chi connectivity index (χ3n) is 2.74. The lowest BCUT2D eigenvalue weighted by atomic mass is 10.3. The highest BCUT2D eigenvalue weighted by Crippen LogP contribution is 2.19. The number of benzene rings is 1. The average Bonchev–Trinajstić information content (AvgIpc) is 2.65. The molecule has 0 radical (unpaired) electrons. The Morgan fingerprint density at radius 3 is 2.89 bits per heavy atom. The minimum absolute atomic E-state index is 0.0792. The smallest absolute Gasteiger partial charge is 0.240 e. The Morgan fingerprint density at radius 1 is 1.53 bits per heavy atom. The highest BCUT2D eigenvalue weighted by atomic mass is 16.3. The van der Waals surface area contributed by atoms with Gasteiger partial charge in [-0.15, -0.1) is 0 Å². The number of carbonyl (C=O) groups is 1. The summed E-state index contributed by atoms with van der Waals surface area (Å²) < 4.78 is 1.70.